The largest absolute Gasteiger partial charge is 0.381 e. The number of ether oxygens (including phenoxy) is 1. The van der Waals surface area contributed by atoms with E-state index in [0.29, 0.717) is 17.9 Å². The van der Waals surface area contributed by atoms with Gasteiger partial charge in [-0.1, -0.05) is 25.5 Å². The number of rotatable bonds is 3. The topological polar surface area (TPSA) is 9.23 Å². The first kappa shape index (κ1) is 11.2. The third kappa shape index (κ3) is 2.44. The van der Waals surface area contributed by atoms with E-state index in [1.54, 1.807) is 5.57 Å². The summed E-state index contributed by atoms with van der Waals surface area (Å²) in [6.45, 7) is 4.55. The molecule has 2 bridgehead atoms. The molecule has 2 aliphatic carbocycles. The number of methoxy groups -OCH3 is 1. The molecule has 0 aromatic carbocycles. The third-order valence-corrected chi connectivity index (χ3v) is 4.07. The van der Waals surface area contributed by atoms with Gasteiger partial charge in [0.15, 0.2) is 0 Å². The lowest BCUT2D eigenvalue weighted by Gasteiger charge is -2.37. The van der Waals surface area contributed by atoms with Crippen molar-refractivity contribution in [3.63, 3.8) is 0 Å². The van der Waals surface area contributed by atoms with E-state index >= 15 is 0 Å². The van der Waals surface area contributed by atoms with Gasteiger partial charge in [-0.15, -0.1) is 0 Å². The molecule has 3 unspecified atom stereocenters. The van der Waals surface area contributed by atoms with E-state index in [1.165, 1.54) is 32.1 Å². The van der Waals surface area contributed by atoms with Crippen LogP contribution in [-0.4, -0.2) is 13.2 Å². The Bertz CT molecular complexity index is 242. The number of hydrogen-bond donors (Lipinski definition) is 0. The molecular weight excluding hydrogens is 184 g/mol. The van der Waals surface area contributed by atoms with Gasteiger partial charge >= 0.3 is 0 Å². The van der Waals surface area contributed by atoms with Gasteiger partial charge in [0.25, 0.3) is 0 Å². The predicted molar refractivity (Wildman–Crippen MR) is 63.8 cm³/mol. The lowest BCUT2D eigenvalue weighted by atomic mass is 9.71. The van der Waals surface area contributed by atoms with Crippen LogP contribution < -0.4 is 0 Å². The average Bonchev–Trinajstić information content (AvgIpc) is 2.17. The molecule has 2 rings (SSSR count). The number of allylic oxidation sites excluding steroid dienone is 1. The van der Waals surface area contributed by atoms with E-state index in [4.69, 9.17) is 4.74 Å². The van der Waals surface area contributed by atoms with Crippen LogP contribution in [0.4, 0.5) is 0 Å². The standard InChI is InChI=1S/C14H24O/c1-10(2)14(15-3)13-8-11-5-4-6-12(7-11)9-13/h8,10,12-14H,4-7,9H2,1-3H3. The average molecular weight is 208 g/mol. The van der Waals surface area contributed by atoms with E-state index in [1.807, 2.05) is 7.11 Å². The minimum absolute atomic E-state index is 0.431. The summed E-state index contributed by atoms with van der Waals surface area (Å²) >= 11 is 0. The SMILES string of the molecule is COC(C(C)C)C1C=C2CCCC(C2)C1. The Hall–Kier alpha value is -0.300. The van der Waals surface area contributed by atoms with Crippen LogP contribution in [-0.2, 0) is 4.74 Å². The molecular formula is C14H24O. The molecule has 0 aromatic heterocycles. The second kappa shape index (κ2) is 4.69. The zero-order valence-corrected chi connectivity index (χ0v) is 10.3. The number of hydrogen-bond acceptors (Lipinski definition) is 1. The molecule has 1 saturated carbocycles. The first-order valence-corrected chi connectivity index (χ1v) is 6.43. The van der Waals surface area contributed by atoms with Gasteiger partial charge in [-0.3, -0.25) is 0 Å². The fourth-order valence-corrected chi connectivity index (χ4v) is 3.47. The van der Waals surface area contributed by atoms with Crippen molar-refractivity contribution in [1.29, 1.82) is 0 Å². The molecule has 0 heterocycles. The maximum atomic E-state index is 5.67. The van der Waals surface area contributed by atoms with Gasteiger partial charge in [0.2, 0.25) is 0 Å². The molecule has 0 N–H and O–H groups in total. The van der Waals surface area contributed by atoms with Crippen LogP contribution in [0.25, 0.3) is 0 Å². The van der Waals surface area contributed by atoms with Crippen molar-refractivity contribution in [3.05, 3.63) is 11.6 Å². The highest BCUT2D eigenvalue weighted by molar-refractivity contribution is 5.13. The molecule has 0 aromatic rings. The predicted octanol–water partition coefficient (Wildman–Crippen LogP) is 3.79. The van der Waals surface area contributed by atoms with E-state index < -0.39 is 0 Å². The van der Waals surface area contributed by atoms with Crippen LogP contribution in [0.2, 0.25) is 0 Å². The summed E-state index contributed by atoms with van der Waals surface area (Å²) < 4.78 is 5.67. The van der Waals surface area contributed by atoms with Crippen LogP contribution >= 0.6 is 0 Å². The van der Waals surface area contributed by atoms with Crippen molar-refractivity contribution in [3.8, 4) is 0 Å². The van der Waals surface area contributed by atoms with Crippen LogP contribution in [0.15, 0.2) is 11.6 Å². The van der Waals surface area contributed by atoms with Crippen molar-refractivity contribution in [1.82, 2.24) is 0 Å². The lowest BCUT2D eigenvalue weighted by Crippen LogP contribution is -2.32. The van der Waals surface area contributed by atoms with Gasteiger partial charge < -0.3 is 4.74 Å². The Morgan fingerprint density at radius 2 is 2.20 bits per heavy atom. The van der Waals surface area contributed by atoms with Crippen molar-refractivity contribution < 1.29 is 4.74 Å². The van der Waals surface area contributed by atoms with Crippen LogP contribution in [0.1, 0.15) is 46.0 Å². The number of fused-ring (bicyclic) bond motifs is 2. The van der Waals surface area contributed by atoms with Crippen LogP contribution in [0, 0.1) is 17.8 Å². The van der Waals surface area contributed by atoms with Crippen molar-refractivity contribution in [2.45, 2.75) is 52.1 Å². The third-order valence-electron chi connectivity index (χ3n) is 4.07. The summed E-state index contributed by atoms with van der Waals surface area (Å²) in [6, 6.07) is 0. The van der Waals surface area contributed by atoms with Gasteiger partial charge in [-0.25, -0.2) is 0 Å². The minimum atomic E-state index is 0.431. The molecule has 1 fully saturated rings. The lowest BCUT2D eigenvalue weighted by molar-refractivity contribution is 0.0202. The molecule has 1 nitrogen and oxygen atoms in total. The highest BCUT2D eigenvalue weighted by Gasteiger charge is 2.31. The molecule has 86 valence electrons. The Morgan fingerprint density at radius 1 is 1.40 bits per heavy atom. The van der Waals surface area contributed by atoms with Crippen LogP contribution in [0.5, 0.6) is 0 Å². The Balaban J connectivity index is 2.09. The Kier molecular flexibility index (Phi) is 3.50. The molecule has 1 heteroatoms. The first-order chi connectivity index (χ1) is 7.20. The normalized spacial score (nSPS) is 32.7. The van der Waals surface area contributed by atoms with E-state index in [9.17, 15) is 0 Å². The van der Waals surface area contributed by atoms with Gasteiger partial charge in [0, 0.05) is 13.0 Å². The second-order valence-electron chi connectivity index (χ2n) is 5.63. The molecule has 0 spiro atoms. The van der Waals surface area contributed by atoms with Crippen molar-refractivity contribution in [2.24, 2.45) is 17.8 Å². The summed E-state index contributed by atoms with van der Waals surface area (Å²) in [5, 5.41) is 0. The monoisotopic (exact) mass is 208 g/mol. The van der Waals surface area contributed by atoms with Crippen molar-refractivity contribution >= 4 is 0 Å². The molecule has 0 radical (unpaired) electrons. The van der Waals surface area contributed by atoms with Crippen molar-refractivity contribution in [2.75, 3.05) is 7.11 Å². The minimum Gasteiger partial charge on any atom is -0.381 e. The maximum absolute atomic E-state index is 5.67. The fourth-order valence-electron chi connectivity index (χ4n) is 3.47. The van der Waals surface area contributed by atoms with E-state index in [-0.39, 0.29) is 0 Å². The molecule has 3 atom stereocenters. The summed E-state index contributed by atoms with van der Waals surface area (Å²) in [5.74, 6) is 2.28. The van der Waals surface area contributed by atoms with Gasteiger partial charge in [0.1, 0.15) is 0 Å². The highest BCUT2D eigenvalue weighted by Crippen LogP contribution is 2.40. The van der Waals surface area contributed by atoms with Crippen LogP contribution in [0.3, 0.4) is 0 Å². The summed E-state index contributed by atoms with van der Waals surface area (Å²) in [5.41, 5.74) is 1.71. The molecule has 2 aliphatic rings. The van der Waals surface area contributed by atoms with Gasteiger partial charge in [0.05, 0.1) is 6.10 Å². The van der Waals surface area contributed by atoms with E-state index in [0.717, 1.165) is 5.92 Å². The Labute approximate surface area is 93.9 Å². The first-order valence-electron chi connectivity index (χ1n) is 6.43. The zero-order valence-electron chi connectivity index (χ0n) is 10.3. The van der Waals surface area contributed by atoms with Gasteiger partial charge in [-0.05, 0) is 43.9 Å². The molecule has 0 aliphatic heterocycles. The smallest absolute Gasteiger partial charge is 0.0656 e. The summed E-state index contributed by atoms with van der Waals surface area (Å²) in [6.07, 6.45) is 9.92. The second-order valence-corrected chi connectivity index (χ2v) is 5.63. The fraction of sp³-hybridized carbons (Fsp3) is 0.857. The van der Waals surface area contributed by atoms with E-state index in [2.05, 4.69) is 19.9 Å². The molecule has 0 amide bonds. The Morgan fingerprint density at radius 3 is 2.80 bits per heavy atom. The maximum Gasteiger partial charge on any atom is 0.0656 e. The summed E-state index contributed by atoms with van der Waals surface area (Å²) in [7, 11) is 1.87. The highest BCUT2D eigenvalue weighted by atomic mass is 16.5. The zero-order chi connectivity index (χ0) is 10.8. The molecule has 0 saturated heterocycles. The molecule has 15 heavy (non-hydrogen) atoms. The summed E-state index contributed by atoms with van der Waals surface area (Å²) in [4.78, 5) is 0. The van der Waals surface area contributed by atoms with Gasteiger partial charge in [-0.2, -0.15) is 0 Å². The quantitative estimate of drug-likeness (QED) is 0.641.